The van der Waals surface area contributed by atoms with Crippen molar-refractivity contribution < 1.29 is 4.79 Å². The van der Waals surface area contributed by atoms with Crippen LogP contribution < -0.4 is 5.32 Å². The Kier molecular flexibility index (Phi) is 5.97. The number of amides is 1. The van der Waals surface area contributed by atoms with Crippen LogP contribution in [0.5, 0.6) is 0 Å². The van der Waals surface area contributed by atoms with E-state index in [1.165, 1.54) is 24.6 Å². The fraction of sp³-hybridized carbons (Fsp3) is 0.148. The van der Waals surface area contributed by atoms with Gasteiger partial charge in [0.2, 0.25) is 0 Å². The lowest BCUT2D eigenvalue weighted by atomic mass is 10.1. The standard InChI is InChI=1S/C27H22N4OS/c28-17-20-8-1-3-12-24(20)33-25-13-4-2-11-22(25)27(32)29-21-10-7-9-19(16-21)23-18-31-15-6-5-14-26(31)30-23/h1-4,7-13,16,18H,5-6,14-15H2,(H,29,32). The number of hydrogen-bond donors (Lipinski definition) is 1. The Hall–Kier alpha value is -3.82. The number of fused-ring (bicyclic) bond motifs is 1. The van der Waals surface area contributed by atoms with Gasteiger partial charge in [-0.1, -0.05) is 48.2 Å². The second-order valence-corrected chi connectivity index (χ2v) is 9.02. The molecule has 0 saturated carbocycles. The largest absolute Gasteiger partial charge is 0.334 e. The highest BCUT2D eigenvalue weighted by Crippen LogP contribution is 2.33. The molecular formula is C27H22N4OS. The number of hydrogen-bond acceptors (Lipinski definition) is 4. The summed E-state index contributed by atoms with van der Waals surface area (Å²) in [5.41, 5.74) is 3.80. The second kappa shape index (κ2) is 9.35. The number of carbonyl (C=O) groups is 1. The topological polar surface area (TPSA) is 70.7 Å². The van der Waals surface area contributed by atoms with E-state index in [1.807, 2.05) is 60.7 Å². The van der Waals surface area contributed by atoms with E-state index in [4.69, 9.17) is 4.98 Å². The molecule has 0 aliphatic carbocycles. The number of benzene rings is 3. The van der Waals surface area contributed by atoms with Gasteiger partial charge < -0.3 is 9.88 Å². The molecule has 0 fully saturated rings. The molecule has 4 aromatic rings. The summed E-state index contributed by atoms with van der Waals surface area (Å²) in [6.45, 7) is 1.02. The van der Waals surface area contributed by atoms with E-state index in [0.717, 1.165) is 45.5 Å². The van der Waals surface area contributed by atoms with Gasteiger partial charge in [-0.3, -0.25) is 4.79 Å². The molecule has 6 heteroatoms. The van der Waals surface area contributed by atoms with Gasteiger partial charge in [-0.15, -0.1) is 0 Å². The maximum Gasteiger partial charge on any atom is 0.256 e. The van der Waals surface area contributed by atoms with Crippen molar-refractivity contribution >= 4 is 23.4 Å². The SMILES string of the molecule is N#Cc1ccccc1Sc1ccccc1C(=O)Nc1cccc(-c2cn3c(n2)CCCC3)c1. The fourth-order valence-corrected chi connectivity index (χ4v) is 5.04. The Morgan fingerprint density at radius 2 is 1.82 bits per heavy atom. The van der Waals surface area contributed by atoms with Gasteiger partial charge in [-0.25, -0.2) is 4.98 Å². The van der Waals surface area contributed by atoms with Crippen molar-refractivity contribution in [2.24, 2.45) is 0 Å². The van der Waals surface area contributed by atoms with Gasteiger partial charge in [0.1, 0.15) is 11.9 Å². The zero-order chi connectivity index (χ0) is 22.6. The summed E-state index contributed by atoms with van der Waals surface area (Å²) in [4.78, 5) is 19.6. The van der Waals surface area contributed by atoms with E-state index >= 15 is 0 Å². The first-order valence-electron chi connectivity index (χ1n) is 10.9. The minimum absolute atomic E-state index is 0.186. The molecule has 162 valence electrons. The van der Waals surface area contributed by atoms with E-state index in [9.17, 15) is 10.1 Å². The molecule has 0 atom stereocenters. The number of aryl methyl sites for hydroxylation is 2. The van der Waals surface area contributed by atoms with Crippen LogP contribution in [0.4, 0.5) is 5.69 Å². The molecule has 5 nitrogen and oxygen atoms in total. The summed E-state index contributed by atoms with van der Waals surface area (Å²) < 4.78 is 2.23. The molecular weight excluding hydrogens is 428 g/mol. The van der Waals surface area contributed by atoms with E-state index in [1.54, 1.807) is 12.1 Å². The highest BCUT2D eigenvalue weighted by atomic mass is 32.2. The van der Waals surface area contributed by atoms with Gasteiger partial charge >= 0.3 is 0 Å². The number of imidazole rings is 1. The Morgan fingerprint density at radius 1 is 1.00 bits per heavy atom. The lowest BCUT2D eigenvalue weighted by Crippen LogP contribution is -2.13. The van der Waals surface area contributed by atoms with Crippen LogP contribution >= 0.6 is 11.8 Å². The van der Waals surface area contributed by atoms with Gasteiger partial charge in [0.05, 0.1) is 16.8 Å². The monoisotopic (exact) mass is 450 g/mol. The molecule has 0 bridgehead atoms. The predicted octanol–water partition coefficient (Wildman–Crippen LogP) is 6.16. The average molecular weight is 451 g/mol. The van der Waals surface area contributed by atoms with Gasteiger partial charge in [0, 0.05) is 40.2 Å². The van der Waals surface area contributed by atoms with Gasteiger partial charge in [-0.05, 0) is 49.2 Å². The van der Waals surface area contributed by atoms with Crippen molar-refractivity contribution in [3.63, 3.8) is 0 Å². The molecule has 1 N–H and O–H groups in total. The minimum atomic E-state index is -0.186. The highest BCUT2D eigenvalue weighted by molar-refractivity contribution is 7.99. The number of anilines is 1. The minimum Gasteiger partial charge on any atom is -0.334 e. The molecule has 33 heavy (non-hydrogen) atoms. The van der Waals surface area contributed by atoms with Crippen molar-refractivity contribution in [2.45, 2.75) is 35.6 Å². The molecule has 1 amide bonds. The summed E-state index contributed by atoms with van der Waals surface area (Å²) in [6, 6.07) is 24.9. The number of carbonyl (C=O) groups excluding carboxylic acids is 1. The van der Waals surface area contributed by atoms with Crippen LogP contribution in [0.25, 0.3) is 11.3 Å². The van der Waals surface area contributed by atoms with E-state index in [-0.39, 0.29) is 5.91 Å². The third-order valence-corrected chi connectivity index (χ3v) is 6.84. The quantitative estimate of drug-likeness (QED) is 0.395. The zero-order valence-electron chi connectivity index (χ0n) is 18.0. The molecule has 1 aliphatic rings. The van der Waals surface area contributed by atoms with Crippen LogP contribution in [-0.4, -0.2) is 15.5 Å². The van der Waals surface area contributed by atoms with Crippen molar-refractivity contribution in [1.82, 2.24) is 9.55 Å². The van der Waals surface area contributed by atoms with Crippen LogP contribution in [0.3, 0.4) is 0 Å². The second-order valence-electron chi connectivity index (χ2n) is 7.93. The van der Waals surface area contributed by atoms with Crippen molar-refractivity contribution in [1.29, 1.82) is 5.26 Å². The van der Waals surface area contributed by atoms with E-state index in [0.29, 0.717) is 11.1 Å². The van der Waals surface area contributed by atoms with Crippen LogP contribution in [0.2, 0.25) is 0 Å². The van der Waals surface area contributed by atoms with Gasteiger partial charge in [-0.2, -0.15) is 5.26 Å². The first kappa shape index (κ1) is 21.0. The molecule has 1 aliphatic heterocycles. The highest BCUT2D eigenvalue weighted by Gasteiger charge is 2.16. The molecule has 0 radical (unpaired) electrons. The molecule has 0 unspecified atom stereocenters. The number of nitriles is 1. The first-order chi connectivity index (χ1) is 16.2. The Balaban J connectivity index is 1.38. The predicted molar refractivity (Wildman–Crippen MR) is 130 cm³/mol. The first-order valence-corrected chi connectivity index (χ1v) is 11.8. The summed E-state index contributed by atoms with van der Waals surface area (Å²) in [7, 11) is 0. The van der Waals surface area contributed by atoms with Crippen LogP contribution in [0, 0.1) is 11.3 Å². The third-order valence-electron chi connectivity index (χ3n) is 5.68. The summed E-state index contributed by atoms with van der Waals surface area (Å²) in [5, 5.41) is 12.4. The van der Waals surface area contributed by atoms with Crippen molar-refractivity contribution in [2.75, 3.05) is 5.32 Å². The van der Waals surface area contributed by atoms with Crippen LogP contribution in [-0.2, 0) is 13.0 Å². The zero-order valence-corrected chi connectivity index (χ0v) is 18.8. The normalized spacial score (nSPS) is 12.6. The number of nitrogens with one attached hydrogen (secondary N) is 1. The molecule has 5 rings (SSSR count). The number of rotatable bonds is 5. The molecule has 0 saturated heterocycles. The Labute approximate surface area is 197 Å². The Bertz CT molecular complexity index is 1350. The fourth-order valence-electron chi connectivity index (χ4n) is 4.02. The lowest BCUT2D eigenvalue weighted by molar-refractivity contribution is 0.102. The van der Waals surface area contributed by atoms with Crippen LogP contribution in [0.15, 0.2) is 88.8 Å². The van der Waals surface area contributed by atoms with E-state index in [2.05, 4.69) is 22.1 Å². The van der Waals surface area contributed by atoms with Gasteiger partial charge in [0.15, 0.2) is 0 Å². The number of aromatic nitrogens is 2. The smallest absolute Gasteiger partial charge is 0.256 e. The summed E-state index contributed by atoms with van der Waals surface area (Å²) >= 11 is 1.42. The van der Waals surface area contributed by atoms with Crippen LogP contribution in [0.1, 0.15) is 34.6 Å². The lowest BCUT2D eigenvalue weighted by Gasteiger charge is -2.11. The molecule has 0 spiro atoms. The Morgan fingerprint density at radius 3 is 2.67 bits per heavy atom. The third kappa shape index (κ3) is 4.55. The summed E-state index contributed by atoms with van der Waals surface area (Å²) in [5.74, 6) is 0.947. The maximum atomic E-state index is 13.2. The van der Waals surface area contributed by atoms with E-state index < -0.39 is 0 Å². The molecule has 3 aromatic carbocycles. The van der Waals surface area contributed by atoms with Crippen molar-refractivity contribution in [3.05, 3.63) is 95.9 Å². The summed E-state index contributed by atoms with van der Waals surface area (Å²) in [6.07, 6.45) is 5.49. The number of nitrogens with zero attached hydrogens (tertiary/aromatic N) is 3. The molecule has 1 aromatic heterocycles. The maximum absolute atomic E-state index is 13.2. The molecule has 2 heterocycles. The average Bonchev–Trinajstić information content (AvgIpc) is 3.29. The van der Waals surface area contributed by atoms with Crippen molar-refractivity contribution in [3.8, 4) is 17.3 Å². The van der Waals surface area contributed by atoms with Gasteiger partial charge in [0.25, 0.3) is 5.91 Å².